The Labute approximate surface area is 91.3 Å². The van der Waals surface area contributed by atoms with Crippen molar-refractivity contribution in [3.63, 3.8) is 0 Å². The zero-order valence-electron chi connectivity index (χ0n) is 8.00. The van der Waals surface area contributed by atoms with E-state index in [1.807, 2.05) is 31.4 Å². The smallest absolute Gasteiger partial charge is 0.137 e. The number of nitrogens with one attached hydrogen (secondary N) is 1. The van der Waals surface area contributed by atoms with Gasteiger partial charge in [-0.05, 0) is 35.1 Å². The summed E-state index contributed by atoms with van der Waals surface area (Å²) in [6, 6.07) is 6.03. The van der Waals surface area contributed by atoms with Gasteiger partial charge in [0.2, 0.25) is 0 Å². The lowest BCUT2D eigenvalue weighted by Gasteiger charge is -2.03. The molecule has 3 nitrogen and oxygen atoms in total. The van der Waals surface area contributed by atoms with Gasteiger partial charge in [-0.2, -0.15) is 0 Å². The van der Waals surface area contributed by atoms with Crippen molar-refractivity contribution in [1.29, 1.82) is 0 Å². The topological polar surface area (TPSA) is 29.3 Å². The van der Waals surface area contributed by atoms with Crippen LogP contribution in [-0.2, 0) is 6.42 Å². The molecule has 1 N–H and O–H groups in total. The molecule has 2 heterocycles. The number of nitrogens with zero attached hydrogens (tertiary/aromatic N) is 2. The van der Waals surface area contributed by atoms with Crippen molar-refractivity contribution < 1.29 is 0 Å². The minimum Gasteiger partial charge on any atom is -0.319 e. The Balaban J connectivity index is 2.45. The number of hydrogen-bond donors (Lipinski definition) is 1. The van der Waals surface area contributed by atoms with Crippen LogP contribution in [0.4, 0.5) is 0 Å². The average molecular weight is 254 g/mol. The van der Waals surface area contributed by atoms with Crippen LogP contribution in [0.1, 0.15) is 5.69 Å². The molecule has 0 aromatic carbocycles. The molecule has 0 saturated heterocycles. The molecule has 2 aromatic heterocycles. The molecular formula is C10H12BrN3. The first-order valence-electron chi connectivity index (χ1n) is 4.58. The molecule has 0 aliphatic carbocycles. The predicted molar refractivity (Wildman–Crippen MR) is 60.5 cm³/mol. The third-order valence-electron chi connectivity index (χ3n) is 2.19. The second-order valence-electron chi connectivity index (χ2n) is 3.15. The summed E-state index contributed by atoms with van der Waals surface area (Å²) in [4.78, 5) is 4.34. The van der Waals surface area contributed by atoms with E-state index in [0.29, 0.717) is 0 Å². The first-order valence-corrected chi connectivity index (χ1v) is 5.37. The number of pyridine rings is 1. The van der Waals surface area contributed by atoms with Crippen molar-refractivity contribution >= 4 is 21.6 Å². The van der Waals surface area contributed by atoms with Gasteiger partial charge in [0.25, 0.3) is 0 Å². The fraction of sp³-hybridized carbons (Fsp3) is 0.300. The Morgan fingerprint density at radius 2 is 2.36 bits per heavy atom. The van der Waals surface area contributed by atoms with Crippen LogP contribution in [0.3, 0.4) is 0 Å². The molecule has 0 unspecified atom stereocenters. The highest BCUT2D eigenvalue weighted by Gasteiger charge is 2.04. The quantitative estimate of drug-likeness (QED) is 0.847. The molecule has 0 atom stereocenters. The van der Waals surface area contributed by atoms with Crippen LogP contribution in [0.15, 0.2) is 29.0 Å². The zero-order chi connectivity index (χ0) is 9.97. The Morgan fingerprint density at radius 1 is 1.50 bits per heavy atom. The number of halogens is 1. The molecule has 0 bridgehead atoms. The van der Waals surface area contributed by atoms with E-state index in [9.17, 15) is 0 Å². The molecule has 2 aromatic rings. The fourth-order valence-electron chi connectivity index (χ4n) is 1.48. The van der Waals surface area contributed by atoms with E-state index in [0.717, 1.165) is 23.2 Å². The van der Waals surface area contributed by atoms with Gasteiger partial charge in [-0.3, -0.25) is 4.40 Å². The van der Waals surface area contributed by atoms with Gasteiger partial charge in [-0.15, -0.1) is 0 Å². The normalized spacial score (nSPS) is 11.0. The number of likely N-dealkylation sites (N-methyl/N-ethyl adjacent to an activating group) is 1. The maximum Gasteiger partial charge on any atom is 0.137 e. The monoisotopic (exact) mass is 253 g/mol. The number of hydrogen-bond acceptors (Lipinski definition) is 2. The molecule has 14 heavy (non-hydrogen) atoms. The van der Waals surface area contributed by atoms with Crippen molar-refractivity contribution in [3.05, 3.63) is 34.7 Å². The average Bonchev–Trinajstić information content (AvgIpc) is 2.59. The summed E-state index contributed by atoms with van der Waals surface area (Å²) < 4.78 is 3.18. The Morgan fingerprint density at radius 3 is 3.14 bits per heavy atom. The van der Waals surface area contributed by atoms with Gasteiger partial charge >= 0.3 is 0 Å². The highest BCUT2D eigenvalue weighted by atomic mass is 79.9. The first-order chi connectivity index (χ1) is 6.83. The highest BCUT2D eigenvalue weighted by molar-refractivity contribution is 9.10. The fourth-order valence-corrected chi connectivity index (χ4v) is 2.05. The number of fused-ring (bicyclic) bond motifs is 1. The molecule has 74 valence electrons. The summed E-state index contributed by atoms with van der Waals surface area (Å²) in [7, 11) is 1.96. The van der Waals surface area contributed by atoms with Gasteiger partial charge in [0.05, 0.1) is 4.60 Å². The summed E-state index contributed by atoms with van der Waals surface area (Å²) in [6.45, 7) is 0.967. The maximum absolute atomic E-state index is 4.34. The van der Waals surface area contributed by atoms with Crippen LogP contribution in [0.25, 0.3) is 5.65 Å². The van der Waals surface area contributed by atoms with E-state index in [4.69, 9.17) is 0 Å². The molecule has 0 aliphatic heterocycles. The first kappa shape index (κ1) is 9.68. The second kappa shape index (κ2) is 4.11. The largest absolute Gasteiger partial charge is 0.319 e. The Kier molecular flexibility index (Phi) is 2.84. The number of rotatable bonds is 3. The minimum atomic E-state index is 0.967. The van der Waals surface area contributed by atoms with Gasteiger partial charge in [0, 0.05) is 24.9 Å². The molecular weight excluding hydrogens is 242 g/mol. The number of aromatic nitrogens is 2. The maximum atomic E-state index is 4.34. The van der Waals surface area contributed by atoms with Crippen LogP contribution in [0.5, 0.6) is 0 Å². The summed E-state index contributed by atoms with van der Waals surface area (Å²) in [6.07, 6.45) is 2.91. The van der Waals surface area contributed by atoms with Crippen molar-refractivity contribution in [2.24, 2.45) is 0 Å². The van der Waals surface area contributed by atoms with Crippen molar-refractivity contribution in [2.45, 2.75) is 6.42 Å². The standard InChI is InChI=1S/C10H12BrN3/c1-12-6-5-8-7-13-10-4-2-3-9(11)14(8)10/h2-4,7,12H,5-6H2,1H3. The summed E-state index contributed by atoms with van der Waals surface area (Å²) in [5.41, 5.74) is 2.22. The predicted octanol–water partition coefficient (Wildman–Crippen LogP) is 1.86. The Hall–Kier alpha value is -0.870. The lowest BCUT2D eigenvalue weighted by Crippen LogP contribution is -2.11. The van der Waals surface area contributed by atoms with Crippen molar-refractivity contribution in [2.75, 3.05) is 13.6 Å². The lowest BCUT2D eigenvalue weighted by molar-refractivity contribution is 0.769. The van der Waals surface area contributed by atoms with Gasteiger partial charge in [0.1, 0.15) is 5.65 Å². The van der Waals surface area contributed by atoms with Crippen LogP contribution in [-0.4, -0.2) is 23.0 Å². The van der Waals surface area contributed by atoms with E-state index in [2.05, 4.69) is 30.6 Å². The van der Waals surface area contributed by atoms with Crippen molar-refractivity contribution in [3.8, 4) is 0 Å². The van der Waals surface area contributed by atoms with Crippen LogP contribution in [0.2, 0.25) is 0 Å². The van der Waals surface area contributed by atoms with E-state index in [1.54, 1.807) is 0 Å². The molecule has 0 amide bonds. The molecule has 4 heteroatoms. The lowest BCUT2D eigenvalue weighted by atomic mass is 10.3. The van der Waals surface area contributed by atoms with Crippen LogP contribution in [0, 0.1) is 0 Å². The Bertz CT molecular complexity index is 436. The molecule has 0 aliphatic rings. The third-order valence-corrected chi connectivity index (χ3v) is 2.80. The summed E-state index contributed by atoms with van der Waals surface area (Å²) in [5.74, 6) is 0. The van der Waals surface area contributed by atoms with Gasteiger partial charge in [-0.25, -0.2) is 4.98 Å². The molecule has 0 saturated carbocycles. The van der Waals surface area contributed by atoms with Gasteiger partial charge in [0.15, 0.2) is 0 Å². The second-order valence-corrected chi connectivity index (χ2v) is 3.96. The van der Waals surface area contributed by atoms with Gasteiger partial charge < -0.3 is 5.32 Å². The minimum absolute atomic E-state index is 0.967. The van der Waals surface area contributed by atoms with E-state index in [1.165, 1.54) is 5.69 Å². The van der Waals surface area contributed by atoms with Crippen molar-refractivity contribution in [1.82, 2.24) is 14.7 Å². The van der Waals surface area contributed by atoms with Gasteiger partial charge in [-0.1, -0.05) is 6.07 Å². The SMILES string of the molecule is CNCCc1cnc2cccc(Br)n12. The zero-order valence-corrected chi connectivity index (χ0v) is 9.58. The summed E-state index contributed by atoms with van der Waals surface area (Å²) >= 11 is 3.52. The molecule has 0 fully saturated rings. The summed E-state index contributed by atoms with van der Waals surface area (Å²) in [5, 5.41) is 3.13. The molecule has 0 radical (unpaired) electrons. The van der Waals surface area contributed by atoms with E-state index < -0.39 is 0 Å². The molecule has 0 spiro atoms. The van der Waals surface area contributed by atoms with E-state index >= 15 is 0 Å². The van der Waals surface area contributed by atoms with Crippen LogP contribution < -0.4 is 5.32 Å². The van der Waals surface area contributed by atoms with Crippen LogP contribution >= 0.6 is 15.9 Å². The van der Waals surface area contributed by atoms with E-state index in [-0.39, 0.29) is 0 Å². The number of imidazole rings is 1. The molecule has 2 rings (SSSR count). The highest BCUT2D eigenvalue weighted by Crippen LogP contribution is 2.15. The third kappa shape index (κ3) is 1.67.